The SMILES string of the molecule is Cl.NC(N)=NC1C(O)C(O)C(O)C(N=C(N)N)C1O. The summed E-state index contributed by atoms with van der Waals surface area (Å²) in [4.78, 5) is 7.18. The van der Waals surface area contributed by atoms with Gasteiger partial charge in [-0.2, -0.15) is 0 Å². The molecule has 1 fully saturated rings. The van der Waals surface area contributed by atoms with E-state index >= 15 is 0 Å². The minimum Gasteiger partial charge on any atom is -0.388 e. The molecule has 0 radical (unpaired) electrons. The van der Waals surface area contributed by atoms with Gasteiger partial charge in [0.25, 0.3) is 0 Å². The third kappa shape index (κ3) is 3.81. The minimum atomic E-state index is -1.59. The van der Waals surface area contributed by atoms with Crippen molar-refractivity contribution in [3.63, 3.8) is 0 Å². The number of aliphatic hydroxyl groups excluding tert-OH is 4. The van der Waals surface area contributed by atoms with E-state index in [0.29, 0.717) is 0 Å². The highest BCUT2D eigenvalue weighted by Crippen LogP contribution is 2.25. The second-order valence-corrected chi connectivity index (χ2v) is 4.05. The molecule has 0 saturated heterocycles. The maximum atomic E-state index is 9.92. The van der Waals surface area contributed by atoms with Gasteiger partial charge in [-0.25, -0.2) is 9.98 Å². The molecule has 1 aliphatic carbocycles. The third-order valence-corrected chi connectivity index (χ3v) is 2.70. The summed E-state index contributed by atoms with van der Waals surface area (Å²) in [5.41, 5.74) is 20.6. The highest BCUT2D eigenvalue weighted by atomic mass is 35.5. The van der Waals surface area contributed by atoms with Crippen molar-refractivity contribution >= 4 is 24.3 Å². The van der Waals surface area contributed by atoms with E-state index < -0.39 is 36.5 Å². The topological polar surface area (TPSA) is 210 Å². The number of nitrogens with zero attached hydrogens (tertiary/aromatic N) is 2. The Morgan fingerprint density at radius 1 is 0.632 bits per heavy atom. The quantitative estimate of drug-likeness (QED) is 0.182. The first-order valence-corrected chi connectivity index (χ1v) is 5.15. The van der Waals surface area contributed by atoms with Crippen LogP contribution in [-0.4, -0.2) is 68.8 Å². The van der Waals surface area contributed by atoms with Gasteiger partial charge in [0, 0.05) is 0 Å². The summed E-state index contributed by atoms with van der Waals surface area (Å²) in [6, 6.07) is -2.47. The maximum Gasteiger partial charge on any atom is 0.186 e. The molecule has 1 aliphatic rings. The number of nitrogens with two attached hydrogens (primary N) is 4. The van der Waals surface area contributed by atoms with Gasteiger partial charge in [-0.05, 0) is 0 Å². The summed E-state index contributed by atoms with van der Waals surface area (Å²) in [5.74, 6) is -0.768. The zero-order valence-electron chi connectivity index (χ0n) is 9.87. The van der Waals surface area contributed by atoms with E-state index in [2.05, 4.69) is 9.98 Å². The Bertz CT molecular complexity index is 327. The second kappa shape index (κ2) is 6.73. The molecule has 0 spiro atoms. The van der Waals surface area contributed by atoms with E-state index in [4.69, 9.17) is 22.9 Å². The zero-order chi connectivity index (χ0) is 14.0. The molecule has 0 aliphatic heterocycles. The lowest BCUT2D eigenvalue weighted by Crippen LogP contribution is -2.63. The standard InChI is InChI=1S/C8H18N6O4.ClH/c9-7(10)13-1-3(15)2(14-8(11)12)5(17)6(18)4(1)16;/h1-6,15-18H,(H4,9,10,13)(H4,11,12,14);1H. The maximum absolute atomic E-state index is 9.92. The predicted octanol–water partition coefficient (Wildman–Crippen LogP) is -4.85. The first-order chi connectivity index (χ1) is 8.25. The summed E-state index contributed by atoms with van der Waals surface area (Å²) in [6.07, 6.45) is -6.11. The summed E-state index contributed by atoms with van der Waals surface area (Å²) < 4.78 is 0. The van der Waals surface area contributed by atoms with Crippen LogP contribution in [0.4, 0.5) is 0 Å². The fourth-order valence-corrected chi connectivity index (χ4v) is 1.86. The zero-order valence-corrected chi connectivity index (χ0v) is 10.7. The molecular weight excluding hydrogens is 280 g/mol. The molecule has 1 rings (SSSR count). The highest BCUT2D eigenvalue weighted by molar-refractivity contribution is 5.85. The molecule has 0 bridgehead atoms. The molecule has 11 heteroatoms. The van der Waals surface area contributed by atoms with Crippen LogP contribution in [0.1, 0.15) is 0 Å². The van der Waals surface area contributed by atoms with E-state index in [1.54, 1.807) is 0 Å². The van der Waals surface area contributed by atoms with Crippen molar-refractivity contribution in [1.82, 2.24) is 0 Å². The van der Waals surface area contributed by atoms with Crippen LogP contribution in [0.2, 0.25) is 0 Å². The number of halogens is 1. The molecule has 19 heavy (non-hydrogen) atoms. The van der Waals surface area contributed by atoms with Gasteiger partial charge in [-0.15, -0.1) is 12.4 Å². The largest absolute Gasteiger partial charge is 0.388 e. The minimum absolute atomic E-state index is 0. The molecule has 10 nitrogen and oxygen atoms in total. The molecule has 0 amide bonds. The lowest BCUT2D eigenvalue weighted by Gasteiger charge is -2.40. The number of aliphatic imine (C=N–C) groups is 2. The normalized spacial score (nSPS) is 37.9. The Labute approximate surface area is 115 Å². The predicted molar refractivity (Wildman–Crippen MR) is 70.5 cm³/mol. The Morgan fingerprint density at radius 2 is 0.947 bits per heavy atom. The Hall–Kier alpha value is -1.33. The number of rotatable bonds is 2. The van der Waals surface area contributed by atoms with Crippen molar-refractivity contribution in [2.45, 2.75) is 36.5 Å². The summed E-state index contributed by atoms with van der Waals surface area (Å²) >= 11 is 0. The van der Waals surface area contributed by atoms with E-state index in [9.17, 15) is 20.4 Å². The van der Waals surface area contributed by atoms with E-state index in [1.807, 2.05) is 0 Å². The molecule has 4 unspecified atom stereocenters. The number of aliphatic hydroxyl groups is 4. The van der Waals surface area contributed by atoms with Crippen LogP contribution in [0.5, 0.6) is 0 Å². The first-order valence-electron chi connectivity index (χ1n) is 5.15. The number of hydrogen-bond donors (Lipinski definition) is 8. The molecule has 0 aromatic rings. The second-order valence-electron chi connectivity index (χ2n) is 4.05. The average molecular weight is 299 g/mol. The molecule has 0 aromatic heterocycles. The van der Waals surface area contributed by atoms with Crippen molar-refractivity contribution in [3.8, 4) is 0 Å². The van der Waals surface area contributed by atoms with Gasteiger partial charge in [-0.1, -0.05) is 0 Å². The van der Waals surface area contributed by atoms with Crippen LogP contribution in [0, 0.1) is 0 Å². The summed E-state index contributed by atoms with van der Waals surface area (Å²) in [6.45, 7) is 0. The lowest BCUT2D eigenvalue weighted by molar-refractivity contribution is -0.136. The molecule has 12 N–H and O–H groups in total. The smallest absolute Gasteiger partial charge is 0.186 e. The van der Waals surface area contributed by atoms with Gasteiger partial charge in [0.1, 0.15) is 36.5 Å². The molecule has 0 aromatic carbocycles. The third-order valence-electron chi connectivity index (χ3n) is 2.70. The van der Waals surface area contributed by atoms with Crippen LogP contribution in [0.3, 0.4) is 0 Å². The molecule has 1 saturated carbocycles. The van der Waals surface area contributed by atoms with Crippen LogP contribution in [0.25, 0.3) is 0 Å². The van der Waals surface area contributed by atoms with Crippen molar-refractivity contribution in [3.05, 3.63) is 0 Å². The monoisotopic (exact) mass is 298 g/mol. The van der Waals surface area contributed by atoms with E-state index in [-0.39, 0.29) is 24.3 Å². The van der Waals surface area contributed by atoms with Crippen LogP contribution in [-0.2, 0) is 0 Å². The summed E-state index contributed by atoms with van der Waals surface area (Å²) in [7, 11) is 0. The Balaban J connectivity index is 0.00000324. The highest BCUT2D eigenvalue weighted by Gasteiger charge is 2.49. The number of guanidine groups is 2. The molecule has 0 heterocycles. The van der Waals surface area contributed by atoms with Gasteiger partial charge in [0.15, 0.2) is 11.9 Å². The van der Waals surface area contributed by atoms with Crippen molar-refractivity contribution in [2.75, 3.05) is 0 Å². The lowest BCUT2D eigenvalue weighted by atomic mass is 9.82. The van der Waals surface area contributed by atoms with E-state index in [1.165, 1.54) is 0 Å². The van der Waals surface area contributed by atoms with Crippen molar-refractivity contribution < 1.29 is 20.4 Å². The van der Waals surface area contributed by atoms with Gasteiger partial charge in [0.2, 0.25) is 0 Å². The Kier molecular flexibility index (Phi) is 6.25. The Morgan fingerprint density at radius 3 is 1.21 bits per heavy atom. The van der Waals surface area contributed by atoms with Crippen LogP contribution < -0.4 is 22.9 Å². The van der Waals surface area contributed by atoms with Crippen LogP contribution in [0.15, 0.2) is 9.98 Å². The first kappa shape index (κ1) is 17.7. The van der Waals surface area contributed by atoms with E-state index in [0.717, 1.165) is 0 Å². The molecule has 112 valence electrons. The van der Waals surface area contributed by atoms with Crippen molar-refractivity contribution in [2.24, 2.45) is 32.9 Å². The van der Waals surface area contributed by atoms with Gasteiger partial charge >= 0.3 is 0 Å². The van der Waals surface area contributed by atoms with Gasteiger partial charge in [-0.3, -0.25) is 0 Å². The van der Waals surface area contributed by atoms with Crippen molar-refractivity contribution in [1.29, 1.82) is 0 Å². The number of hydrogen-bond acceptors (Lipinski definition) is 6. The molecular formula is C8H19ClN6O4. The summed E-state index contributed by atoms with van der Waals surface area (Å²) in [5, 5.41) is 38.9. The fourth-order valence-electron chi connectivity index (χ4n) is 1.86. The van der Waals surface area contributed by atoms with Gasteiger partial charge in [0.05, 0.1) is 0 Å². The van der Waals surface area contributed by atoms with Gasteiger partial charge < -0.3 is 43.4 Å². The molecule has 4 atom stereocenters. The fraction of sp³-hybridized carbons (Fsp3) is 0.750. The average Bonchev–Trinajstić information content (AvgIpc) is 2.27. The van der Waals surface area contributed by atoms with Crippen LogP contribution >= 0.6 is 12.4 Å².